The highest BCUT2D eigenvalue weighted by atomic mass is 16.5. The number of hydrogen-bond donors (Lipinski definition) is 1. The first kappa shape index (κ1) is 13.8. The Balaban J connectivity index is 1.72. The molecule has 21 heavy (non-hydrogen) atoms. The molecule has 1 atom stereocenters. The minimum absolute atomic E-state index is 0.0234. The number of carbonyl (C=O) groups is 1. The minimum atomic E-state index is -0.0234. The molecule has 0 aromatic carbocycles. The number of aromatic amines is 1. The van der Waals surface area contributed by atoms with Crippen LogP contribution < -0.4 is 0 Å². The van der Waals surface area contributed by atoms with Crippen molar-refractivity contribution >= 4 is 5.91 Å². The second kappa shape index (κ2) is 5.67. The van der Waals surface area contributed by atoms with Crippen LogP contribution in [0.5, 0.6) is 0 Å². The van der Waals surface area contributed by atoms with Gasteiger partial charge in [0.05, 0.1) is 12.5 Å². The molecule has 0 spiro atoms. The van der Waals surface area contributed by atoms with Crippen LogP contribution in [0.1, 0.15) is 60.7 Å². The number of carbonyl (C=O) groups excluding carboxylic acids is 1. The molecule has 7 nitrogen and oxygen atoms in total. The Bertz CT molecular complexity index is 605. The molecular formula is C14H19N5O2. The quantitative estimate of drug-likeness (QED) is 0.932. The van der Waals surface area contributed by atoms with E-state index in [1.165, 1.54) is 6.33 Å². The lowest BCUT2D eigenvalue weighted by Gasteiger charge is -2.30. The number of nitrogens with one attached hydrogen (secondary N) is 1. The van der Waals surface area contributed by atoms with E-state index >= 15 is 0 Å². The molecule has 1 N–H and O–H groups in total. The van der Waals surface area contributed by atoms with E-state index in [9.17, 15) is 4.79 Å². The fourth-order valence-electron chi connectivity index (χ4n) is 2.56. The molecule has 7 heteroatoms. The van der Waals surface area contributed by atoms with Gasteiger partial charge in [-0.1, -0.05) is 19.0 Å². The van der Waals surface area contributed by atoms with Crippen molar-refractivity contribution in [1.82, 2.24) is 25.0 Å². The molecular weight excluding hydrogens is 270 g/mol. The standard InChI is InChI=1S/C14H19N5O2/c1-9(2)13-17-12(18-21-13)10-4-3-5-19(7-10)14(20)11-6-15-8-16-11/h6,8-10H,3-5,7H2,1-2H3,(H,15,16)/t10-/m1/s1. The van der Waals surface area contributed by atoms with Crippen molar-refractivity contribution in [3.05, 3.63) is 29.9 Å². The number of aromatic nitrogens is 4. The zero-order chi connectivity index (χ0) is 14.8. The maximum absolute atomic E-state index is 12.3. The highest BCUT2D eigenvalue weighted by Crippen LogP contribution is 2.26. The van der Waals surface area contributed by atoms with Gasteiger partial charge in [0, 0.05) is 24.9 Å². The lowest BCUT2D eigenvalue weighted by Crippen LogP contribution is -2.39. The lowest BCUT2D eigenvalue weighted by molar-refractivity contribution is 0.0698. The summed E-state index contributed by atoms with van der Waals surface area (Å²) in [5.41, 5.74) is 0.520. The Hall–Kier alpha value is -2.18. The number of hydrogen-bond acceptors (Lipinski definition) is 5. The van der Waals surface area contributed by atoms with Crippen LogP contribution in [-0.4, -0.2) is 44.0 Å². The SMILES string of the molecule is CC(C)c1nc([C@@H]2CCCN(C(=O)c3cnc[nH]3)C2)no1. The van der Waals surface area contributed by atoms with Gasteiger partial charge in [-0.2, -0.15) is 4.98 Å². The second-order valence-electron chi connectivity index (χ2n) is 5.70. The smallest absolute Gasteiger partial charge is 0.271 e. The van der Waals surface area contributed by atoms with Crippen molar-refractivity contribution in [2.45, 2.75) is 38.5 Å². The fourth-order valence-corrected chi connectivity index (χ4v) is 2.56. The van der Waals surface area contributed by atoms with Gasteiger partial charge in [0.15, 0.2) is 5.82 Å². The van der Waals surface area contributed by atoms with Gasteiger partial charge in [0.2, 0.25) is 5.89 Å². The second-order valence-corrected chi connectivity index (χ2v) is 5.70. The first-order valence-electron chi connectivity index (χ1n) is 7.26. The Morgan fingerprint density at radius 3 is 3.05 bits per heavy atom. The van der Waals surface area contributed by atoms with Crippen LogP contribution in [-0.2, 0) is 0 Å². The fraction of sp³-hybridized carbons (Fsp3) is 0.571. The number of piperidine rings is 1. The summed E-state index contributed by atoms with van der Waals surface area (Å²) in [6.07, 6.45) is 4.99. The molecule has 1 aliphatic heterocycles. The Morgan fingerprint density at radius 2 is 2.38 bits per heavy atom. The average molecular weight is 289 g/mol. The summed E-state index contributed by atoms with van der Waals surface area (Å²) in [4.78, 5) is 25.4. The van der Waals surface area contributed by atoms with Gasteiger partial charge < -0.3 is 14.4 Å². The molecule has 112 valence electrons. The van der Waals surface area contributed by atoms with Crippen molar-refractivity contribution in [2.75, 3.05) is 13.1 Å². The predicted molar refractivity (Wildman–Crippen MR) is 74.9 cm³/mol. The Labute approximate surface area is 122 Å². The van der Waals surface area contributed by atoms with E-state index in [0.29, 0.717) is 24.0 Å². The van der Waals surface area contributed by atoms with E-state index in [0.717, 1.165) is 19.4 Å². The molecule has 2 aromatic heterocycles. The van der Waals surface area contributed by atoms with Crippen LogP contribution in [0.25, 0.3) is 0 Å². The first-order valence-corrected chi connectivity index (χ1v) is 7.26. The maximum Gasteiger partial charge on any atom is 0.271 e. The third-order valence-electron chi connectivity index (χ3n) is 3.75. The van der Waals surface area contributed by atoms with E-state index in [2.05, 4.69) is 20.1 Å². The van der Waals surface area contributed by atoms with E-state index in [4.69, 9.17) is 4.52 Å². The van der Waals surface area contributed by atoms with Crippen LogP contribution in [0, 0.1) is 0 Å². The molecule has 0 radical (unpaired) electrons. The maximum atomic E-state index is 12.3. The van der Waals surface area contributed by atoms with Crippen LogP contribution in [0.15, 0.2) is 17.0 Å². The molecule has 0 saturated carbocycles. The molecule has 0 aliphatic carbocycles. The monoisotopic (exact) mass is 289 g/mol. The summed E-state index contributed by atoms with van der Waals surface area (Å²) in [6, 6.07) is 0. The van der Waals surface area contributed by atoms with Gasteiger partial charge in [-0.05, 0) is 12.8 Å². The molecule has 3 heterocycles. The summed E-state index contributed by atoms with van der Waals surface area (Å²) in [6.45, 7) is 5.41. The highest BCUT2D eigenvalue weighted by molar-refractivity contribution is 5.92. The number of likely N-dealkylation sites (tertiary alicyclic amines) is 1. The lowest BCUT2D eigenvalue weighted by atomic mass is 9.97. The summed E-state index contributed by atoms with van der Waals surface area (Å²) >= 11 is 0. The number of amides is 1. The van der Waals surface area contributed by atoms with Crippen LogP contribution in [0.3, 0.4) is 0 Å². The largest absolute Gasteiger partial charge is 0.341 e. The molecule has 3 rings (SSSR count). The van der Waals surface area contributed by atoms with Crippen LogP contribution >= 0.6 is 0 Å². The topological polar surface area (TPSA) is 87.9 Å². The van der Waals surface area contributed by atoms with E-state index in [1.807, 2.05) is 18.7 Å². The third-order valence-corrected chi connectivity index (χ3v) is 3.75. The summed E-state index contributed by atoms with van der Waals surface area (Å²) in [5, 5.41) is 4.07. The summed E-state index contributed by atoms with van der Waals surface area (Å²) < 4.78 is 5.27. The van der Waals surface area contributed by atoms with Crippen molar-refractivity contribution in [3.63, 3.8) is 0 Å². The zero-order valence-corrected chi connectivity index (χ0v) is 12.2. The summed E-state index contributed by atoms with van der Waals surface area (Å²) in [7, 11) is 0. The van der Waals surface area contributed by atoms with Crippen molar-refractivity contribution in [2.24, 2.45) is 0 Å². The molecule has 1 amide bonds. The third kappa shape index (κ3) is 2.81. The minimum Gasteiger partial charge on any atom is -0.341 e. The van der Waals surface area contributed by atoms with Gasteiger partial charge in [-0.25, -0.2) is 4.98 Å². The zero-order valence-electron chi connectivity index (χ0n) is 12.2. The van der Waals surface area contributed by atoms with Gasteiger partial charge in [-0.15, -0.1) is 0 Å². The van der Waals surface area contributed by atoms with Gasteiger partial charge in [0.1, 0.15) is 5.69 Å². The van der Waals surface area contributed by atoms with Gasteiger partial charge in [0.25, 0.3) is 5.91 Å². The number of H-pyrrole nitrogens is 1. The summed E-state index contributed by atoms with van der Waals surface area (Å²) in [5.74, 6) is 1.70. The first-order chi connectivity index (χ1) is 10.1. The predicted octanol–water partition coefficient (Wildman–Crippen LogP) is 1.94. The van der Waals surface area contributed by atoms with Crippen LogP contribution in [0.2, 0.25) is 0 Å². The van der Waals surface area contributed by atoms with E-state index in [1.54, 1.807) is 6.20 Å². The highest BCUT2D eigenvalue weighted by Gasteiger charge is 2.29. The van der Waals surface area contributed by atoms with Crippen molar-refractivity contribution < 1.29 is 9.32 Å². The Kier molecular flexibility index (Phi) is 3.72. The van der Waals surface area contributed by atoms with Crippen molar-refractivity contribution in [1.29, 1.82) is 0 Å². The molecule has 1 fully saturated rings. The van der Waals surface area contributed by atoms with Crippen molar-refractivity contribution in [3.8, 4) is 0 Å². The number of imidazole rings is 1. The number of nitrogens with zero attached hydrogens (tertiary/aromatic N) is 4. The van der Waals surface area contributed by atoms with Gasteiger partial charge >= 0.3 is 0 Å². The molecule has 0 bridgehead atoms. The van der Waals surface area contributed by atoms with Gasteiger partial charge in [-0.3, -0.25) is 4.79 Å². The molecule has 1 saturated heterocycles. The normalized spacial score (nSPS) is 19.2. The van der Waals surface area contributed by atoms with E-state index < -0.39 is 0 Å². The number of rotatable bonds is 3. The Morgan fingerprint density at radius 1 is 1.52 bits per heavy atom. The molecule has 1 aliphatic rings. The average Bonchev–Trinajstić information content (AvgIpc) is 3.18. The van der Waals surface area contributed by atoms with Crippen LogP contribution in [0.4, 0.5) is 0 Å². The molecule has 2 aromatic rings. The van der Waals surface area contributed by atoms with E-state index in [-0.39, 0.29) is 17.7 Å². The molecule has 0 unspecified atom stereocenters.